The number of hydrogen-bond acceptors (Lipinski definition) is 4. The maximum absolute atomic E-state index is 6.50. The molecule has 0 radical (unpaired) electrons. The van der Waals surface area contributed by atoms with Gasteiger partial charge < -0.3 is 4.42 Å². The van der Waals surface area contributed by atoms with E-state index in [0.717, 1.165) is 82.2 Å². The van der Waals surface area contributed by atoms with Crippen LogP contribution in [0.2, 0.25) is 0 Å². The summed E-state index contributed by atoms with van der Waals surface area (Å²) in [7, 11) is 0. The molecule has 0 spiro atoms. The molecular weight excluding hydrogens is 685 g/mol. The molecule has 0 aliphatic carbocycles. The normalized spacial score (nSPS) is 11.9. The molecule has 3 aromatic heterocycles. The second kappa shape index (κ2) is 11.9. The van der Waals surface area contributed by atoms with Gasteiger partial charge in [-0.2, -0.15) is 9.97 Å². The van der Waals surface area contributed by atoms with Crippen LogP contribution < -0.4 is 0 Å². The van der Waals surface area contributed by atoms with Crippen molar-refractivity contribution in [2.45, 2.75) is 0 Å². The number of benzene rings is 9. The van der Waals surface area contributed by atoms with Gasteiger partial charge >= 0.3 is 0 Å². The summed E-state index contributed by atoms with van der Waals surface area (Å²) in [4.78, 5) is 16.1. The van der Waals surface area contributed by atoms with E-state index >= 15 is 0 Å². The second-order valence-corrected chi connectivity index (χ2v) is 14.4. The molecule has 0 amide bonds. The zero-order chi connectivity index (χ0) is 36.7. The molecule has 5 heteroatoms. The average molecular weight is 715 g/mol. The lowest BCUT2D eigenvalue weighted by Crippen LogP contribution is -2.06. The van der Waals surface area contributed by atoms with Crippen molar-refractivity contribution in [2.75, 3.05) is 0 Å². The molecule has 0 unspecified atom stereocenters. The SMILES string of the molecule is c1ccc2cc(-c3ccc(-c4nc(-c5c6ccccc6cc6oc7ccccc7c56)nc(-n5c6ccccc6c6cc7ccccc7cc65)n4)cc3)ccc2c1. The van der Waals surface area contributed by atoms with Gasteiger partial charge in [0.05, 0.1) is 11.0 Å². The van der Waals surface area contributed by atoms with Crippen molar-refractivity contribution in [2.24, 2.45) is 0 Å². The van der Waals surface area contributed by atoms with Crippen molar-refractivity contribution in [3.05, 3.63) is 182 Å². The van der Waals surface area contributed by atoms with Crippen molar-refractivity contribution in [3.63, 3.8) is 0 Å². The zero-order valence-electron chi connectivity index (χ0n) is 30.0. The minimum atomic E-state index is 0.555. The molecule has 0 aliphatic heterocycles. The van der Waals surface area contributed by atoms with E-state index < -0.39 is 0 Å². The van der Waals surface area contributed by atoms with Crippen molar-refractivity contribution >= 4 is 76.1 Å². The third-order valence-corrected chi connectivity index (χ3v) is 11.2. The van der Waals surface area contributed by atoms with E-state index in [1.165, 1.54) is 16.2 Å². The Morgan fingerprint density at radius 2 is 0.964 bits per heavy atom. The van der Waals surface area contributed by atoms with E-state index in [2.05, 4.69) is 174 Å². The van der Waals surface area contributed by atoms with Gasteiger partial charge in [0, 0.05) is 32.7 Å². The van der Waals surface area contributed by atoms with Crippen molar-refractivity contribution < 1.29 is 4.42 Å². The Bertz CT molecular complexity index is 3540. The quantitative estimate of drug-likeness (QED) is 0.182. The number of hydrogen-bond donors (Lipinski definition) is 0. The smallest absolute Gasteiger partial charge is 0.238 e. The van der Waals surface area contributed by atoms with Gasteiger partial charge in [-0.1, -0.05) is 146 Å². The fourth-order valence-corrected chi connectivity index (χ4v) is 8.54. The summed E-state index contributed by atoms with van der Waals surface area (Å²) in [5.74, 6) is 1.73. The van der Waals surface area contributed by atoms with Crippen LogP contribution in [-0.2, 0) is 0 Å². The molecule has 0 aliphatic rings. The average Bonchev–Trinajstić information content (AvgIpc) is 3.79. The summed E-state index contributed by atoms with van der Waals surface area (Å²) >= 11 is 0. The van der Waals surface area contributed by atoms with Gasteiger partial charge in [0.1, 0.15) is 11.2 Å². The molecule has 0 N–H and O–H groups in total. The highest BCUT2D eigenvalue weighted by molar-refractivity contribution is 6.20. The fraction of sp³-hybridized carbons (Fsp3) is 0. The number of aromatic nitrogens is 4. The number of para-hydroxylation sites is 2. The second-order valence-electron chi connectivity index (χ2n) is 14.4. The maximum Gasteiger partial charge on any atom is 0.238 e. The third kappa shape index (κ3) is 4.71. The highest BCUT2D eigenvalue weighted by atomic mass is 16.3. The molecule has 12 aromatic rings. The van der Waals surface area contributed by atoms with Gasteiger partial charge in [-0.3, -0.25) is 4.57 Å². The van der Waals surface area contributed by atoms with Crippen molar-refractivity contribution in [1.29, 1.82) is 0 Å². The molecule has 0 atom stereocenters. The molecule has 3 heterocycles. The highest BCUT2D eigenvalue weighted by Crippen LogP contribution is 2.42. The molecule has 12 rings (SSSR count). The molecule has 9 aromatic carbocycles. The Balaban J connectivity index is 1.15. The summed E-state index contributed by atoms with van der Waals surface area (Å²) in [6.45, 7) is 0. The Morgan fingerprint density at radius 3 is 1.79 bits per heavy atom. The van der Waals surface area contributed by atoms with E-state index in [9.17, 15) is 0 Å². The summed E-state index contributed by atoms with van der Waals surface area (Å²) in [5.41, 5.74) is 7.81. The number of fused-ring (bicyclic) bond motifs is 9. The first-order valence-corrected chi connectivity index (χ1v) is 18.8. The van der Waals surface area contributed by atoms with E-state index in [0.29, 0.717) is 17.6 Å². The monoisotopic (exact) mass is 714 g/mol. The van der Waals surface area contributed by atoms with Crippen LogP contribution in [0.15, 0.2) is 186 Å². The molecule has 0 saturated heterocycles. The Morgan fingerprint density at radius 1 is 0.357 bits per heavy atom. The first-order valence-electron chi connectivity index (χ1n) is 18.8. The largest absolute Gasteiger partial charge is 0.456 e. The Kier molecular flexibility index (Phi) is 6.56. The Hall–Kier alpha value is -7.63. The van der Waals surface area contributed by atoms with E-state index in [1.807, 2.05) is 12.1 Å². The van der Waals surface area contributed by atoms with E-state index in [1.54, 1.807) is 0 Å². The van der Waals surface area contributed by atoms with Gasteiger partial charge in [-0.15, -0.1) is 0 Å². The minimum Gasteiger partial charge on any atom is -0.456 e. The van der Waals surface area contributed by atoms with Gasteiger partial charge in [-0.05, 0) is 79.8 Å². The lowest BCUT2D eigenvalue weighted by molar-refractivity contribution is 0.669. The van der Waals surface area contributed by atoms with Crippen LogP contribution in [-0.4, -0.2) is 19.5 Å². The summed E-state index contributed by atoms with van der Waals surface area (Å²) in [6.07, 6.45) is 0. The number of nitrogens with zero attached hydrogens (tertiary/aromatic N) is 4. The minimum absolute atomic E-state index is 0.555. The maximum atomic E-state index is 6.50. The molecule has 0 saturated carbocycles. The van der Waals surface area contributed by atoms with Crippen molar-refractivity contribution in [3.8, 4) is 39.9 Å². The van der Waals surface area contributed by atoms with E-state index in [4.69, 9.17) is 19.4 Å². The highest BCUT2D eigenvalue weighted by Gasteiger charge is 2.23. The van der Waals surface area contributed by atoms with Gasteiger partial charge in [0.2, 0.25) is 5.95 Å². The van der Waals surface area contributed by atoms with Crippen LogP contribution in [0, 0.1) is 0 Å². The molecular formula is C51H30N4O. The number of furan rings is 1. The first-order chi connectivity index (χ1) is 27.7. The fourth-order valence-electron chi connectivity index (χ4n) is 8.54. The van der Waals surface area contributed by atoms with Gasteiger partial charge in [-0.25, -0.2) is 4.98 Å². The van der Waals surface area contributed by atoms with Crippen LogP contribution in [0.4, 0.5) is 0 Å². The van der Waals surface area contributed by atoms with Gasteiger partial charge in [0.15, 0.2) is 11.6 Å². The lowest BCUT2D eigenvalue weighted by atomic mass is 9.98. The molecule has 5 nitrogen and oxygen atoms in total. The lowest BCUT2D eigenvalue weighted by Gasteiger charge is -2.13. The molecule has 56 heavy (non-hydrogen) atoms. The van der Waals surface area contributed by atoms with Crippen LogP contribution in [0.3, 0.4) is 0 Å². The standard InChI is InChI=1S/C51H30N4O/c1-2-12-34-27-37(26-23-31(34)11-1)32-21-24-33(25-22-32)49-52-50(48-39-16-6-5-15-38(39)30-46-47(48)41-18-8-10-20-45(41)56-46)54-51(53-49)55-43-19-9-7-17-40(43)42-28-35-13-3-4-14-36(35)29-44(42)55/h1-30H. The third-order valence-electron chi connectivity index (χ3n) is 11.2. The topological polar surface area (TPSA) is 56.7 Å². The predicted molar refractivity (Wildman–Crippen MR) is 230 cm³/mol. The summed E-state index contributed by atoms with van der Waals surface area (Å²) < 4.78 is 8.70. The summed E-state index contributed by atoms with van der Waals surface area (Å²) in [5, 5.41) is 11.2. The zero-order valence-corrected chi connectivity index (χ0v) is 30.0. The summed E-state index contributed by atoms with van der Waals surface area (Å²) in [6, 6.07) is 64.0. The van der Waals surface area contributed by atoms with Crippen LogP contribution in [0.25, 0.3) is 116 Å². The van der Waals surface area contributed by atoms with E-state index in [-0.39, 0.29) is 0 Å². The Labute approximate surface area is 320 Å². The molecule has 260 valence electrons. The van der Waals surface area contributed by atoms with Gasteiger partial charge in [0.25, 0.3) is 0 Å². The van der Waals surface area contributed by atoms with Crippen LogP contribution in [0.5, 0.6) is 0 Å². The molecule has 0 bridgehead atoms. The predicted octanol–water partition coefficient (Wildman–Crippen LogP) is 13.3. The first kappa shape index (κ1) is 30.8. The van der Waals surface area contributed by atoms with Crippen LogP contribution in [0.1, 0.15) is 0 Å². The number of rotatable bonds is 4. The molecule has 0 fully saturated rings. The van der Waals surface area contributed by atoms with Crippen molar-refractivity contribution in [1.82, 2.24) is 19.5 Å². The van der Waals surface area contributed by atoms with Crippen LogP contribution >= 0.6 is 0 Å².